The van der Waals surface area contributed by atoms with Crippen LogP contribution in [0.2, 0.25) is 0 Å². The van der Waals surface area contributed by atoms with Crippen LogP contribution in [-0.4, -0.2) is 29.6 Å². The van der Waals surface area contributed by atoms with E-state index >= 15 is 0 Å². The molecule has 3 N–H and O–H groups in total. The molecule has 5 nitrogen and oxygen atoms in total. The molecule has 2 unspecified atom stereocenters. The van der Waals surface area contributed by atoms with Crippen molar-refractivity contribution >= 4 is 11.8 Å². The van der Waals surface area contributed by atoms with E-state index in [1.165, 1.54) is 12.1 Å². The van der Waals surface area contributed by atoms with Crippen LogP contribution >= 0.6 is 0 Å². The summed E-state index contributed by atoms with van der Waals surface area (Å²) in [5.74, 6) is -2.53. The third-order valence-corrected chi connectivity index (χ3v) is 3.16. The summed E-state index contributed by atoms with van der Waals surface area (Å²) in [6, 6.07) is 4.52. The summed E-state index contributed by atoms with van der Waals surface area (Å²) in [4.78, 5) is 23.1. The van der Waals surface area contributed by atoms with E-state index in [9.17, 15) is 27.9 Å². The molecular weight excluding hydrogens is 289 g/mol. The third-order valence-electron chi connectivity index (χ3n) is 3.16. The van der Waals surface area contributed by atoms with Crippen LogP contribution in [-0.2, 0) is 22.3 Å². The average Bonchev–Trinajstić information content (AvgIpc) is 2.75. The lowest BCUT2D eigenvalue weighted by Gasteiger charge is -2.13. The molecule has 2 atom stereocenters. The normalized spacial score (nSPS) is 22.0. The summed E-state index contributed by atoms with van der Waals surface area (Å²) in [6.45, 7) is -0.167. The van der Waals surface area contributed by atoms with E-state index in [2.05, 4.69) is 10.6 Å². The minimum absolute atomic E-state index is 0.0134. The van der Waals surface area contributed by atoms with Crippen LogP contribution < -0.4 is 10.6 Å². The second kappa shape index (κ2) is 5.72. The molecule has 8 heteroatoms. The Balaban J connectivity index is 2.00. The summed E-state index contributed by atoms with van der Waals surface area (Å²) in [6.07, 6.45) is -5.58. The molecule has 1 heterocycles. The molecule has 0 saturated carbocycles. The Morgan fingerprint density at radius 3 is 2.71 bits per heavy atom. The maximum Gasteiger partial charge on any atom is 0.416 e. The number of β-amino-alcohol motifs (C(OH)–C–C–N with tert-alkyl or cyclic N) is 1. The number of alkyl halides is 3. The first kappa shape index (κ1) is 15.3. The van der Waals surface area contributed by atoms with Crippen LogP contribution in [0.25, 0.3) is 0 Å². The molecule has 0 spiro atoms. The Morgan fingerprint density at radius 1 is 1.43 bits per heavy atom. The van der Waals surface area contributed by atoms with Gasteiger partial charge < -0.3 is 15.7 Å². The molecule has 21 heavy (non-hydrogen) atoms. The van der Waals surface area contributed by atoms with E-state index in [0.717, 1.165) is 12.1 Å². The fraction of sp³-hybridized carbons (Fsp3) is 0.385. The standard InChI is InChI=1S/C13H13F3N2O3/c14-13(15,16)8-3-1-2-7(4-8)5-17-11(20)10-9(19)6-18-12(10)21/h1-4,9-10,19H,5-6H2,(H,17,20)(H,18,21). The monoisotopic (exact) mass is 302 g/mol. The van der Waals surface area contributed by atoms with Crippen LogP contribution in [0.15, 0.2) is 24.3 Å². The van der Waals surface area contributed by atoms with Crippen molar-refractivity contribution in [1.29, 1.82) is 0 Å². The molecule has 0 aromatic heterocycles. The second-order valence-corrected chi connectivity index (χ2v) is 4.71. The first-order chi connectivity index (χ1) is 9.79. The van der Waals surface area contributed by atoms with Crippen LogP contribution in [0.4, 0.5) is 13.2 Å². The van der Waals surface area contributed by atoms with Gasteiger partial charge in [-0.1, -0.05) is 12.1 Å². The average molecular weight is 302 g/mol. The molecule has 114 valence electrons. The molecule has 1 fully saturated rings. The SMILES string of the molecule is O=C(NCc1cccc(C(F)(F)F)c1)C1C(=O)NCC1O. The smallest absolute Gasteiger partial charge is 0.390 e. The number of hydrogen-bond donors (Lipinski definition) is 3. The van der Waals surface area contributed by atoms with Gasteiger partial charge in [-0.3, -0.25) is 9.59 Å². The van der Waals surface area contributed by atoms with Gasteiger partial charge in [-0.15, -0.1) is 0 Å². The van der Waals surface area contributed by atoms with E-state index in [-0.39, 0.29) is 18.7 Å². The van der Waals surface area contributed by atoms with Gasteiger partial charge >= 0.3 is 6.18 Å². The van der Waals surface area contributed by atoms with E-state index < -0.39 is 35.6 Å². The Labute approximate surface area is 118 Å². The summed E-state index contributed by atoms with van der Waals surface area (Å²) in [7, 11) is 0. The quantitative estimate of drug-likeness (QED) is 0.709. The molecule has 0 aliphatic carbocycles. The minimum atomic E-state index is -4.46. The number of hydrogen-bond acceptors (Lipinski definition) is 3. The lowest BCUT2D eigenvalue weighted by atomic mass is 10.0. The van der Waals surface area contributed by atoms with Crippen LogP contribution in [0.3, 0.4) is 0 Å². The van der Waals surface area contributed by atoms with Crippen LogP contribution in [0.5, 0.6) is 0 Å². The molecular formula is C13H13F3N2O3. The number of halogens is 3. The fourth-order valence-electron chi connectivity index (χ4n) is 2.06. The van der Waals surface area contributed by atoms with E-state index in [1.54, 1.807) is 0 Å². The molecule has 0 bridgehead atoms. The van der Waals surface area contributed by atoms with Gasteiger partial charge in [0.25, 0.3) is 0 Å². The van der Waals surface area contributed by atoms with E-state index in [1.807, 2.05) is 0 Å². The van der Waals surface area contributed by atoms with E-state index in [4.69, 9.17) is 0 Å². The Bertz CT molecular complexity index is 560. The number of nitrogens with one attached hydrogen (secondary N) is 2. The van der Waals surface area contributed by atoms with Gasteiger partial charge in [-0.25, -0.2) is 0 Å². The van der Waals surface area contributed by atoms with Crippen molar-refractivity contribution in [2.45, 2.75) is 18.8 Å². The fourth-order valence-corrected chi connectivity index (χ4v) is 2.06. The third kappa shape index (κ3) is 3.52. The van der Waals surface area contributed by atoms with Crippen molar-refractivity contribution in [3.63, 3.8) is 0 Å². The lowest BCUT2D eigenvalue weighted by molar-refractivity contribution is -0.138. The molecule has 1 aromatic rings. The van der Waals surface area contributed by atoms with Gasteiger partial charge in [0.2, 0.25) is 11.8 Å². The number of amides is 2. The number of aliphatic hydroxyl groups is 1. The predicted octanol–water partition coefficient (Wildman–Crippen LogP) is 0.428. The van der Waals surface area contributed by atoms with Gasteiger partial charge in [0, 0.05) is 13.1 Å². The lowest BCUT2D eigenvalue weighted by Crippen LogP contribution is -2.39. The highest BCUT2D eigenvalue weighted by Gasteiger charge is 2.39. The molecule has 1 aliphatic heterocycles. The summed E-state index contributed by atoms with van der Waals surface area (Å²) >= 11 is 0. The topological polar surface area (TPSA) is 78.4 Å². The van der Waals surface area contributed by atoms with Gasteiger partial charge in [-0.05, 0) is 17.7 Å². The number of benzene rings is 1. The molecule has 2 rings (SSSR count). The molecule has 0 radical (unpaired) electrons. The first-order valence-electron chi connectivity index (χ1n) is 6.18. The Kier molecular flexibility index (Phi) is 4.17. The van der Waals surface area contributed by atoms with Crippen molar-refractivity contribution in [2.75, 3.05) is 6.54 Å². The van der Waals surface area contributed by atoms with E-state index in [0.29, 0.717) is 0 Å². The summed E-state index contributed by atoms with van der Waals surface area (Å²) in [5, 5.41) is 14.2. The maximum absolute atomic E-state index is 12.5. The van der Waals surface area contributed by atoms with Crippen molar-refractivity contribution in [2.24, 2.45) is 5.92 Å². The number of carbonyl (C=O) groups is 2. The summed E-state index contributed by atoms with van der Waals surface area (Å²) in [5.41, 5.74) is -0.557. The van der Waals surface area contributed by atoms with Gasteiger partial charge in [0.15, 0.2) is 0 Å². The highest BCUT2D eigenvalue weighted by molar-refractivity contribution is 6.02. The second-order valence-electron chi connectivity index (χ2n) is 4.71. The van der Waals surface area contributed by atoms with Crippen molar-refractivity contribution in [1.82, 2.24) is 10.6 Å². The highest BCUT2D eigenvalue weighted by Crippen LogP contribution is 2.29. The largest absolute Gasteiger partial charge is 0.416 e. The predicted molar refractivity (Wildman–Crippen MR) is 65.8 cm³/mol. The zero-order valence-electron chi connectivity index (χ0n) is 10.8. The first-order valence-corrected chi connectivity index (χ1v) is 6.18. The molecule has 1 aliphatic rings. The summed E-state index contributed by atoms with van der Waals surface area (Å²) < 4.78 is 37.6. The molecule has 1 aromatic carbocycles. The minimum Gasteiger partial charge on any atom is -0.390 e. The van der Waals surface area contributed by atoms with Gasteiger partial charge in [0.05, 0.1) is 11.7 Å². The van der Waals surface area contributed by atoms with Crippen LogP contribution in [0, 0.1) is 5.92 Å². The highest BCUT2D eigenvalue weighted by atomic mass is 19.4. The maximum atomic E-state index is 12.5. The zero-order valence-corrected chi connectivity index (χ0v) is 10.8. The number of rotatable bonds is 3. The molecule has 2 amide bonds. The Hall–Kier alpha value is -2.09. The number of carbonyl (C=O) groups excluding carboxylic acids is 2. The van der Waals surface area contributed by atoms with Gasteiger partial charge in [-0.2, -0.15) is 13.2 Å². The molecule has 1 saturated heterocycles. The van der Waals surface area contributed by atoms with Crippen molar-refractivity contribution in [3.8, 4) is 0 Å². The zero-order chi connectivity index (χ0) is 15.6. The van der Waals surface area contributed by atoms with Crippen LogP contribution in [0.1, 0.15) is 11.1 Å². The van der Waals surface area contributed by atoms with Crippen molar-refractivity contribution in [3.05, 3.63) is 35.4 Å². The van der Waals surface area contributed by atoms with Gasteiger partial charge in [0.1, 0.15) is 5.92 Å². The van der Waals surface area contributed by atoms with Crippen molar-refractivity contribution < 1.29 is 27.9 Å². The Morgan fingerprint density at radius 2 is 2.14 bits per heavy atom. The number of aliphatic hydroxyl groups excluding tert-OH is 1.